The van der Waals surface area contributed by atoms with Gasteiger partial charge in [-0.2, -0.15) is 0 Å². The molecule has 0 aliphatic heterocycles. The molecule has 3 N–H and O–H groups in total. The number of aryl methyl sites for hydroxylation is 1. The van der Waals surface area contributed by atoms with Gasteiger partial charge in [-0.25, -0.2) is 0 Å². The molecule has 0 spiro atoms. The number of amides is 2. The minimum Gasteiger partial charge on any atom is -0.481 e. The number of aliphatic carboxylic acids is 1. The van der Waals surface area contributed by atoms with Crippen LogP contribution in [-0.4, -0.2) is 35.5 Å². The summed E-state index contributed by atoms with van der Waals surface area (Å²) >= 11 is 0. The molecule has 4 rings (SSSR count). The van der Waals surface area contributed by atoms with Gasteiger partial charge in [0, 0.05) is 18.5 Å². The van der Waals surface area contributed by atoms with E-state index in [4.69, 9.17) is 5.11 Å². The van der Waals surface area contributed by atoms with E-state index in [1.807, 2.05) is 54.6 Å². The third-order valence-electron chi connectivity index (χ3n) is 6.11. The molecule has 6 nitrogen and oxygen atoms in total. The zero-order chi connectivity index (χ0) is 23.9. The van der Waals surface area contributed by atoms with E-state index in [-0.39, 0.29) is 24.7 Å². The maximum atomic E-state index is 13.0. The lowest BCUT2D eigenvalue weighted by atomic mass is 10.0. The summed E-state index contributed by atoms with van der Waals surface area (Å²) in [6, 6.07) is 22.8. The van der Waals surface area contributed by atoms with Gasteiger partial charge in [-0.05, 0) is 65.6 Å². The monoisotopic (exact) mass is 456 g/mol. The number of carbonyl (C=O) groups excluding carboxylic acids is 2. The van der Waals surface area contributed by atoms with Crippen LogP contribution in [0.1, 0.15) is 46.3 Å². The second kappa shape index (κ2) is 10.8. The Balaban J connectivity index is 1.37. The molecule has 0 heterocycles. The minimum absolute atomic E-state index is 0.0297. The van der Waals surface area contributed by atoms with Gasteiger partial charge in [-0.1, -0.05) is 60.7 Å². The minimum atomic E-state index is -1.01. The molecule has 34 heavy (non-hydrogen) atoms. The fraction of sp³-hybridized carbons (Fsp3) is 0.250. The van der Waals surface area contributed by atoms with E-state index in [2.05, 4.69) is 22.8 Å². The Kier molecular flexibility index (Phi) is 7.38. The van der Waals surface area contributed by atoms with E-state index < -0.39 is 12.0 Å². The number of benzene rings is 3. The molecule has 0 bridgehead atoms. The van der Waals surface area contributed by atoms with Gasteiger partial charge in [0.05, 0.1) is 0 Å². The summed E-state index contributed by atoms with van der Waals surface area (Å²) in [4.78, 5) is 36.8. The van der Waals surface area contributed by atoms with Crippen molar-refractivity contribution in [3.8, 4) is 11.1 Å². The van der Waals surface area contributed by atoms with Crippen LogP contribution in [-0.2, 0) is 22.4 Å². The molecule has 0 aromatic heterocycles. The van der Waals surface area contributed by atoms with Crippen molar-refractivity contribution in [2.45, 2.75) is 38.1 Å². The smallest absolute Gasteiger partial charge is 0.303 e. The fourth-order valence-corrected chi connectivity index (χ4v) is 4.34. The van der Waals surface area contributed by atoms with Crippen molar-refractivity contribution in [1.29, 1.82) is 0 Å². The van der Waals surface area contributed by atoms with Gasteiger partial charge < -0.3 is 15.7 Å². The molecule has 1 atom stereocenters. The average Bonchev–Trinajstić information content (AvgIpc) is 3.22. The van der Waals surface area contributed by atoms with Crippen molar-refractivity contribution in [2.75, 3.05) is 6.54 Å². The van der Waals surface area contributed by atoms with Crippen LogP contribution < -0.4 is 10.6 Å². The van der Waals surface area contributed by atoms with E-state index in [1.165, 1.54) is 16.7 Å². The molecule has 0 saturated carbocycles. The third-order valence-corrected chi connectivity index (χ3v) is 6.11. The summed E-state index contributed by atoms with van der Waals surface area (Å²) in [6.07, 6.45) is 2.16. The van der Waals surface area contributed by atoms with Crippen molar-refractivity contribution >= 4 is 17.8 Å². The highest BCUT2D eigenvalue weighted by molar-refractivity contribution is 5.98. The number of nitrogens with one attached hydrogen (secondary N) is 2. The lowest BCUT2D eigenvalue weighted by molar-refractivity contribution is -0.137. The lowest BCUT2D eigenvalue weighted by Crippen LogP contribution is -2.47. The molecule has 0 fully saturated rings. The van der Waals surface area contributed by atoms with Gasteiger partial charge in [-0.3, -0.25) is 14.4 Å². The Hall–Kier alpha value is -3.93. The molecule has 6 heteroatoms. The molecule has 2 amide bonds. The number of carbonyl (C=O) groups is 3. The Bertz CT molecular complexity index is 1190. The Labute approximate surface area is 199 Å². The molecular formula is C28H28N2O4. The van der Waals surface area contributed by atoms with E-state index in [9.17, 15) is 14.4 Å². The second-order valence-electron chi connectivity index (χ2n) is 8.54. The highest BCUT2D eigenvalue weighted by Gasteiger charge is 2.24. The molecule has 0 radical (unpaired) electrons. The fourth-order valence-electron chi connectivity index (χ4n) is 4.34. The van der Waals surface area contributed by atoms with E-state index in [1.54, 1.807) is 6.07 Å². The summed E-state index contributed by atoms with van der Waals surface area (Å²) in [7, 11) is 0. The molecule has 3 aromatic rings. The first-order chi connectivity index (χ1) is 16.5. The van der Waals surface area contributed by atoms with Gasteiger partial charge in [0.15, 0.2) is 0 Å². The summed E-state index contributed by atoms with van der Waals surface area (Å²) in [5.74, 6) is -1.75. The van der Waals surface area contributed by atoms with Crippen molar-refractivity contribution in [1.82, 2.24) is 10.6 Å². The van der Waals surface area contributed by atoms with Crippen LogP contribution in [0.4, 0.5) is 0 Å². The molecule has 0 saturated heterocycles. The summed E-state index contributed by atoms with van der Waals surface area (Å²) in [5, 5.41) is 14.7. The Morgan fingerprint density at radius 3 is 2.41 bits per heavy atom. The van der Waals surface area contributed by atoms with Gasteiger partial charge in [0.2, 0.25) is 5.91 Å². The maximum Gasteiger partial charge on any atom is 0.303 e. The molecule has 1 aliphatic carbocycles. The predicted molar refractivity (Wildman–Crippen MR) is 131 cm³/mol. The first-order valence-corrected chi connectivity index (χ1v) is 11.6. The molecule has 174 valence electrons. The van der Waals surface area contributed by atoms with Gasteiger partial charge in [0.25, 0.3) is 5.91 Å². The standard InChI is InChI=1S/C28H28N2O4/c31-26(32)15-14-25(28(34)29-16-6-9-19-7-2-1-3-8-19)30-27(33)21-12-13-24-22(18-21)17-20-10-4-5-11-23(20)24/h1-5,7-8,10-13,18,25H,6,9,14-17H2,(H,29,34)(H,30,33)(H,31,32)/t25-/m0/s1. The second-order valence-corrected chi connectivity index (χ2v) is 8.54. The van der Waals surface area contributed by atoms with Crippen molar-refractivity contribution in [3.05, 3.63) is 95.1 Å². The van der Waals surface area contributed by atoms with Crippen LogP contribution in [0, 0.1) is 0 Å². The zero-order valence-corrected chi connectivity index (χ0v) is 18.9. The SMILES string of the molecule is O=C(O)CC[C@H](NC(=O)c1ccc2c(c1)Cc1ccccc1-2)C(=O)NCCCc1ccccc1. The number of hydrogen-bond donors (Lipinski definition) is 3. The van der Waals surface area contributed by atoms with Crippen molar-refractivity contribution in [3.63, 3.8) is 0 Å². The maximum absolute atomic E-state index is 13.0. The van der Waals surface area contributed by atoms with Crippen LogP contribution in [0.25, 0.3) is 11.1 Å². The third kappa shape index (κ3) is 5.70. The molecular weight excluding hydrogens is 428 g/mol. The highest BCUT2D eigenvalue weighted by Crippen LogP contribution is 2.36. The Morgan fingerprint density at radius 1 is 0.882 bits per heavy atom. The largest absolute Gasteiger partial charge is 0.481 e. The van der Waals surface area contributed by atoms with Crippen LogP contribution in [0.2, 0.25) is 0 Å². The normalized spacial score (nSPS) is 12.4. The average molecular weight is 457 g/mol. The van der Waals surface area contributed by atoms with E-state index >= 15 is 0 Å². The van der Waals surface area contributed by atoms with Crippen LogP contribution >= 0.6 is 0 Å². The molecule has 0 unspecified atom stereocenters. The van der Waals surface area contributed by atoms with Crippen molar-refractivity contribution in [2.24, 2.45) is 0 Å². The topological polar surface area (TPSA) is 95.5 Å². The van der Waals surface area contributed by atoms with Crippen molar-refractivity contribution < 1.29 is 19.5 Å². The summed E-state index contributed by atoms with van der Waals surface area (Å²) in [6.45, 7) is 0.449. The van der Waals surface area contributed by atoms with Crippen LogP contribution in [0.15, 0.2) is 72.8 Å². The van der Waals surface area contributed by atoms with Gasteiger partial charge in [0.1, 0.15) is 6.04 Å². The number of rotatable bonds is 10. The first kappa shape index (κ1) is 23.2. The van der Waals surface area contributed by atoms with E-state index in [0.29, 0.717) is 12.1 Å². The molecule has 1 aliphatic rings. The summed E-state index contributed by atoms with van der Waals surface area (Å²) in [5.41, 5.74) is 6.24. The number of carboxylic acids is 1. The van der Waals surface area contributed by atoms with Crippen LogP contribution in [0.5, 0.6) is 0 Å². The number of carboxylic acid groups (broad SMARTS) is 1. The number of fused-ring (bicyclic) bond motifs is 3. The number of hydrogen-bond acceptors (Lipinski definition) is 3. The highest BCUT2D eigenvalue weighted by atomic mass is 16.4. The quantitative estimate of drug-likeness (QED) is 0.315. The predicted octanol–water partition coefficient (Wildman–Crippen LogP) is 3.97. The first-order valence-electron chi connectivity index (χ1n) is 11.6. The van der Waals surface area contributed by atoms with Gasteiger partial charge in [-0.15, -0.1) is 0 Å². The Morgan fingerprint density at radius 2 is 1.62 bits per heavy atom. The molecule has 3 aromatic carbocycles. The lowest BCUT2D eigenvalue weighted by Gasteiger charge is -2.18. The zero-order valence-electron chi connectivity index (χ0n) is 18.9. The van der Waals surface area contributed by atoms with Crippen LogP contribution in [0.3, 0.4) is 0 Å². The van der Waals surface area contributed by atoms with Gasteiger partial charge >= 0.3 is 5.97 Å². The summed E-state index contributed by atoms with van der Waals surface area (Å²) < 4.78 is 0. The van der Waals surface area contributed by atoms with E-state index in [0.717, 1.165) is 30.4 Å².